The van der Waals surface area contributed by atoms with Crippen molar-refractivity contribution in [3.05, 3.63) is 67.9 Å². The number of benzene rings is 2. The minimum atomic E-state index is -0.815. The highest BCUT2D eigenvalue weighted by atomic mass is 79.9. The molecule has 0 unspecified atom stereocenters. The van der Waals surface area contributed by atoms with Crippen molar-refractivity contribution in [3.63, 3.8) is 0 Å². The van der Waals surface area contributed by atoms with Crippen molar-refractivity contribution in [3.8, 4) is 0 Å². The van der Waals surface area contributed by atoms with E-state index in [1.54, 1.807) is 12.1 Å². The number of carbonyl (C=O) groups excluding carboxylic acids is 1. The van der Waals surface area contributed by atoms with Crippen LogP contribution in [0.25, 0.3) is 0 Å². The number of anilines is 1. The Balaban J connectivity index is 2.31. The summed E-state index contributed by atoms with van der Waals surface area (Å²) in [7, 11) is 0. The predicted molar refractivity (Wildman–Crippen MR) is 79.9 cm³/mol. The van der Waals surface area contributed by atoms with Gasteiger partial charge in [-0.05, 0) is 36.8 Å². The Labute approximate surface area is 128 Å². The van der Waals surface area contributed by atoms with Crippen LogP contribution < -0.4 is 5.32 Å². The summed E-state index contributed by atoms with van der Waals surface area (Å²) in [4.78, 5) is 22.0. The standard InChI is InChI=1S/C14H10BrFN2O3/c1-8-4-9(15)6-10(5-8)17-14(19)12-7-11(18(20)21)2-3-13(12)16/h2-7H,1H3,(H,17,19). The SMILES string of the molecule is Cc1cc(Br)cc(NC(=O)c2cc([N+](=O)[O-])ccc2F)c1. The van der Waals surface area contributed by atoms with E-state index >= 15 is 0 Å². The van der Waals surface area contributed by atoms with Crippen LogP contribution in [0.3, 0.4) is 0 Å². The summed E-state index contributed by atoms with van der Waals surface area (Å²) in [6, 6.07) is 8.03. The maximum Gasteiger partial charge on any atom is 0.270 e. The van der Waals surface area contributed by atoms with Crippen LogP contribution in [0, 0.1) is 22.9 Å². The lowest BCUT2D eigenvalue weighted by Crippen LogP contribution is -2.14. The number of nitrogens with one attached hydrogen (secondary N) is 1. The van der Waals surface area contributed by atoms with Gasteiger partial charge in [0, 0.05) is 22.3 Å². The van der Waals surface area contributed by atoms with Crippen LogP contribution >= 0.6 is 15.9 Å². The molecule has 0 aliphatic rings. The number of rotatable bonds is 3. The molecule has 2 aromatic carbocycles. The van der Waals surface area contributed by atoms with Crippen molar-refractivity contribution >= 4 is 33.2 Å². The summed E-state index contributed by atoms with van der Waals surface area (Å²) in [5, 5.41) is 13.2. The van der Waals surface area contributed by atoms with Crippen molar-refractivity contribution in [2.75, 3.05) is 5.32 Å². The molecule has 108 valence electrons. The van der Waals surface area contributed by atoms with Gasteiger partial charge >= 0.3 is 0 Å². The third-order valence-electron chi connectivity index (χ3n) is 2.71. The highest BCUT2D eigenvalue weighted by molar-refractivity contribution is 9.10. The van der Waals surface area contributed by atoms with Gasteiger partial charge in [0.1, 0.15) is 5.82 Å². The van der Waals surface area contributed by atoms with Gasteiger partial charge in [-0.3, -0.25) is 14.9 Å². The second-order valence-corrected chi connectivity index (χ2v) is 5.31. The van der Waals surface area contributed by atoms with Gasteiger partial charge in [0.25, 0.3) is 11.6 Å². The van der Waals surface area contributed by atoms with E-state index < -0.39 is 16.6 Å². The van der Waals surface area contributed by atoms with Gasteiger partial charge in [-0.15, -0.1) is 0 Å². The van der Waals surface area contributed by atoms with E-state index in [4.69, 9.17) is 0 Å². The van der Waals surface area contributed by atoms with Crippen molar-refractivity contribution in [2.45, 2.75) is 6.92 Å². The first-order valence-electron chi connectivity index (χ1n) is 5.89. The molecule has 0 aliphatic carbocycles. The topological polar surface area (TPSA) is 72.2 Å². The van der Waals surface area contributed by atoms with Crippen LogP contribution in [0.1, 0.15) is 15.9 Å². The Kier molecular flexibility index (Phi) is 4.32. The second-order valence-electron chi connectivity index (χ2n) is 4.39. The fourth-order valence-electron chi connectivity index (χ4n) is 1.81. The summed E-state index contributed by atoms with van der Waals surface area (Å²) in [6.45, 7) is 1.84. The molecule has 1 amide bonds. The largest absolute Gasteiger partial charge is 0.322 e. The first-order chi connectivity index (χ1) is 9.86. The molecule has 0 fully saturated rings. The third-order valence-corrected chi connectivity index (χ3v) is 3.16. The van der Waals surface area contributed by atoms with E-state index in [1.165, 1.54) is 0 Å². The van der Waals surface area contributed by atoms with Crippen LogP contribution in [0.15, 0.2) is 40.9 Å². The molecule has 0 saturated heterocycles. The third kappa shape index (κ3) is 3.63. The molecule has 2 rings (SSSR count). The molecule has 0 saturated carbocycles. The number of halogens is 2. The number of nitrogens with zero attached hydrogens (tertiary/aromatic N) is 1. The van der Waals surface area contributed by atoms with Crippen LogP contribution in [-0.2, 0) is 0 Å². The number of amides is 1. The molecule has 0 bridgehead atoms. The van der Waals surface area contributed by atoms with E-state index in [9.17, 15) is 19.3 Å². The van der Waals surface area contributed by atoms with Crippen LogP contribution in [0.4, 0.5) is 15.8 Å². The number of hydrogen-bond donors (Lipinski definition) is 1. The average molecular weight is 353 g/mol. The molecular weight excluding hydrogens is 343 g/mol. The molecule has 0 heterocycles. The summed E-state index contributed by atoms with van der Waals surface area (Å²) >= 11 is 3.29. The molecule has 0 aromatic heterocycles. The average Bonchev–Trinajstić information content (AvgIpc) is 2.37. The Morgan fingerprint density at radius 2 is 2.00 bits per heavy atom. The molecule has 1 N–H and O–H groups in total. The number of non-ortho nitro benzene ring substituents is 1. The maximum atomic E-state index is 13.7. The fourth-order valence-corrected chi connectivity index (χ4v) is 2.42. The first kappa shape index (κ1) is 15.1. The quantitative estimate of drug-likeness (QED) is 0.668. The zero-order chi connectivity index (χ0) is 15.6. The number of hydrogen-bond acceptors (Lipinski definition) is 3. The van der Waals surface area contributed by atoms with Gasteiger partial charge in [-0.1, -0.05) is 15.9 Å². The van der Waals surface area contributed by atoms with Crippen molar-refractivity contribution in [1.29, 1.82) is 0 Å². The Bertz CT molecular complexity index is 714. The van der Waals surface area contributed by atoms with Crippen LogP contribution in [-0.4, -0.2) is 10.8 Å². The zero-order valence-electron chi connectivity index (χ0n) is 10.9. The molecule has 0 aliphatic heterocycles. The Morgan fingerprint density at radius 3 is 2.62 bits per heavy atom. The normalized spacial score (nSPS) is 10.2. The highest BCUT2D eigenvalue weighted by Crippen LogP contribution is 2.21. The van der Waals surface area contributed by atoms with Crippen molar-refractivity contribution < 1.29 is 14.1 Å². The van der Waals surface area contributed by atoms with Crippen molar-refractivity contribution in [1.82, 2.24) is 0 Å². The fraction of sp³-hybridized carbons (Fsp3) is 0.0714. The first-order valence-corrected chi connectivity index (χ1v) is 6.68. The lowest BCUT2D eigenvalue weighted by Gasteiger charge is -2.07. The summed E-state index contributed by atoms with van der Waals surface area (Å²) in [5.41, 5.74) is 0.658. The van der Waals surface area contributed by atoms with Crippen LogP contribution in [0.5, 0.6) is 0 Å². The zero-order valence-corrected chi connectivity index (χ0v) is 12.5. The van der Waals surface area contributed by atoms with E-state index in [1.807, 2.05) is 13.0 Å². The van der Waals surface area contributed by atoms with Crippen LogP contribution in [0.2, 0.25) is 0 Å². The van der Waals surface area contributed by atoms with Gasteiger partial charge < -0.3 is 5.32 Å². The Hall–Kier alpha value is -2.28. The molecule has 2 aromatic rings. The molecular formula is C14H10BrFN2O3. The number of carbonyl (C=O) groups is 1. The second kappa shape index (κ2) is 6.01. The smallest absolute Gasteiger partial charge is 0.270 e. The van der Waals surface area contributed by atoms with Gasteiger partial charge in [0.05, 0.1) is 10.5 Å². The van der Waals surface area contributed by atoms with E-state index in [0.29, 0.717) is 5.69 Å². The molecule has 0 atom stereocenters. The van der Waals surface area contributed by atoms with Crippen molar-refractivity contribution in [2.24, 2.45) is 0 Å². The molecule has 7 heteroatoms. The minimum Gasteiger partial charge on any atom is -0.322 e. The maximum absolute atomic E-state index is 13.7. The number of nitro benzene ring substituents is 1. The molecule has 21 heavy (non-hydrogen) atoms. The van der Waals surface area contributed by atoms with E-state index in [0.717, 1.165) is 28.2 Å². The lowest BCUT2D eigenvalue weighted by molar-refractivity contribution is -0.384. The predicted octanol–water partition coefficient (Wildman–Crippen LogP) is 4.06. The lowest BCUT2D eigenvalue weighted by atomic mass is 10.1. The Morgan fingerprint density at radius 1 is 1.29 bits per heavy atom. The van der Waals surface area contributed by atoms with Gasteiger partial charge in [0.2, 0.25) is 0 Å². The van der Waals surface area contributed by atoms with E-state index in [-0.39, 0.29) is 11.3 Å². The van der Waals surface area contributed by atoms with Gasteiger partial charge in [-0.25, -0.2) is 4.39 Å². The van der Waals surface area contributed by atoms with Gasteiger partial charge in [-0.2, -0.15) is 0 Å². The molecule has 0 spiro atoms. The van der Waals surface area contributed by atoms with E-state index in [2.05, 4.69) is 21.2 Å². The van der Waals surface area contributed by atoms with Gasteiger partial charge in [0.15, 0.2) is 0 Å². The molecule has 5 nitrogen and oxygen atoms in total. The monoisotopic (exact) mass is 352 g/mol. The minimum absolute atomic E-state index is 0.341. The summed E-state index contributed by atoms with van der Waals surface area (Å²) in [6.07, 6.45) is 0. The highest BCUT2D eigenvalue weighted by Gasteiger charge is 2.17. The molecule has 0 radical (unpaired) electrons. The summed E-state index contributed by atoms with van der Waals surface area (Å²) < 4.78 is 14.4. The number of nitro groups is 1. The summed E-state index contributed by atoms with van der Waals surface area (Å²) in [5.74, 6) is -1.56. The number of aryl methyl sites for hydroxylation is 1.